The number of rotatable bonds is 6. The molecule has 1 aliphatic rings. The molecular formula is C25H22ClN5O2S. The predicted molar refractivity (Wildman–Crippen MR) is 136 cm³/mol. The number of methoxy groups -OCH3 is 1. The van der Waals surface area contributed by atoms with Gasteiger partial charge in [-0.15, -0.1) is 10.2 Å². The second-order valence-corrected chi connectivity index (χ2v) is 9.17. The van der Waals surface area contributed by atoms with Crippen LogP contribution in [0.15, 0.2) is 78.0 Å². The Morgan fingerprint density at radius 1 is 1.06 bits per heavy atom. The summed E-state index contributed by atoms with van der Waals surface area (Å²) in [7, 11) is 3.66. The molecule has 34 heavy (non-hydrogen) atoms. The molecule has 0 aliphatic carbocycles. The molecule has 1 N–H and O–H groups in total. The summed E-state index contributed by atoms with van der Waals surface area (Å²) in [6, 6.07) is 23.1. The van der Waals surface area contributed by atoms with Crippen LogP contribution in [0.4, 0.5) is 11.4 Å². The van der Waals surface area contributed by atoms with Gasteiger partial charge in [0, 0.05) is 29.0 Å². The number of carbonyl (C=O) groups excluding carboxylic acids is 1. The minimum absolute atomic E-state index is 0.125. The van der Waals surface area contributed by atoms with Crippen LogP contribution in [-0.4, -0.2) is 40.6 Å². The maximum atomic E-state index is 12.6. The number of thioether (sulfide) groups is 1. The first-order chi connectivity index (χ1) is 16.5. The molecule has 7 nitrogen and oxygen atoms in total. The number of nitrogens with one attached hydrogen (secondary N) is 1. The van der Waals surface area contributed by atoms with Gasteiger partial charge in [-0.05, 0) is 54.1 Å². The molecule has 0 fully saturated rings. The SMILES string of the molecule is COc1ccc(NC(=O)CSc2nnc3n2C(c2ccc(Cl)cc2)N(C)c2ccccc2-3)cc1. The molecule has 0 radical (unpaired) electrons. The van der Waals surface area contributed by atoms with E-state index in [1.807, 2.05) is 73.8 Å². The zero-order valence-electron chi connectivity index (χ0n) is 18.6. The summed E-state index contributed by atoms with van der Waals surface area (Å²) >= 11 is 7.50. The molecule has 1 amide bonds. The second-order valence-electron chi connectivity index (χ2n) is 7.79. The number of nitrogens with zero attached hydrogens (tertiary/aromatic N) is 4. The average molecular weight is 492 g/mol. The van der Waals surface area contributed by atoms with Crippen LogP contribution in [0, 0.1) is 0 Å². The lowest BCUT2D eigenvalue weighted by molar-refractivity contribution is -0.113. The number of amides is 1. The Hall–Kier alpha value is -3.49. The fourth-order valence-corrected chi connectivity index (χ4v) is 4.95. The van der Waals surface area contributed by atoms with E-state index in [0.717, 1.165) is 28.4 Å². The average Bonchev–Trinajstić information content (AvgIpc) is 3.28. The van der Waals surface area contributed by atoms with Gasteiger partial charge in [-0.2, -0.15) is 0 Å². The smallest absolute Gasteiger partial charge is 0.234 e. The standard InChI is InChI=1S/C25H22ClN5O2S/c1-30-21-6-4-3-5-20(21)23-28-29-25(31(23)24(30)16-7-9-17(26)10-8-16)34-15-22(32)27-18-11-13-19(33-2)14-12-18/h3-14,24H,15H2,1-2H3,(H,27,32). The number of para-hydroxylation sites is 1. The normalized spacial score (nSPS) is 14.3. The molecule has 172 valence electrons. The van der Waals surface area contributed by atoms with Crippen molar-refractivity contribution >= 4 is 40.6 Å². The number of carbonyl (C=O) groups is 1. The highest BCUT2D eigenvalue weighted by Gasteiger charge is 2.33. The Bertz CT molecular complexity index is 1320. The van der Waals surface area contributed by atoms with Crippen LogP contribution >= 0.6 is 23.4 Å². The quantitative estimate of drug-likeness (QED) is 0.367. The van der Waals surface area contributed by atoms with Crippen molar-refractivity contribution in [1.82, 2.24) is 14.8 Å². The van der Waals surface area contributed by atoms with Gasteiger partial charge in [0.05, 0.1) is 12.9 Å². The number of halogens is 1. The van der Waals surface area contributed by atoms with E-state index in [1.54, 1.807) is 7.11 Å². The van der Waals surface area contributed by atoms with E-state index in [1.165, 1.54) is 11.8 Å². The van der Waals surface area contributed by atoms with E-state index in [4.69, 9.17) is 16.3 Å². The molecule has 9 heteroatoms. The van der Waals surface area contributed by atoms with Crippen molar-refractivity contribution in [2.75, 3.05) is 30.1 Å². The van der Waals surface area contributed by atoms with Crippen molar-refractivity contribution in [1.29, 1.82) is 0 Å². The van der Waals surface area contributed by atoms with Crippen LogP contribution < -0.4 is 15.0 Å². The monoisotopic (exact) mass is 491 g/mol. The zero-order valence-corrected chi connectivity index (χ0v) is 20.2. The molecule has 0 saturated heterocycles. The van der Waals surface area contributed by atoms with Gasteiger partial charge < -0.3 is 15.0 Å². The largest absolute Gasteiger partial charge is 0.497 e. The van der Waals surface area contributed by atoms with E-state index < -0.39 is 0 Å². The van der Waals surface area contributed by atoms with Gasteiger partial charge in [0.2, 0.25) is 5.91 Å². The third kappa shape index (κ3) is 4.22. The number of anilines is 2. The van der Waals surface area contributed by atoms with Crippen molar-refractivity contribution in [3.05, 3.63) is 83.4 Å². The first kappa shape index (κ1) is 22.3. The summed E-state index contributed by atoms with van der Waals surface area (Å²) in [5, 5.41) is 13.2. The molecule has 1 atom stereocenters. The fourth-order valence-electron chi connectivity index (χ4n) is 4.06. The van der Waals surface area contributed by atoms with Gasteiger partial charge in [0.15, 0.2) is 11.0 Å². The van der Waals surface area contributed by atoms with Crippen molar-refractivity contribution in [2.45, 2.75) is 11.3 Å². The number of hydrogen-bond acceptors (Lipinski definition) is 6. The second kappa shape index (κ2) is 9.40. The summed E-state index contributed by atoms with van der Waals surface area (Å²) in [6.07, 6.45) is -0.177. The first-order valence-electron chi connectivity index (χ1n) is 10.6. The first-order valence-corrected chi connectivity index (χ1v) is 12.0. The lowest BCUT2D eigenvalue weighted by Crippen LogP contribution is -2.34. The molecule has 0 bridgehead atoms. The molecule has 1 unspecified atom stereocenters. The molecule has 5 rings (SSSR count). The van der Waals surface area contributed by atoms with Gasteiger partial charge in [-0.1, -0.05) is 47.6 Å². The summed E-state index contributed by atoms with van der Waals surface area (Å²) in [6.45, 7) is 0. The van der Waals surface area contributed by atoms with Crippen LogP contribution in [0.1, 0.15) is 11.7 Å². The fraction of sp³-hybridized carbons (Fsp3) is 0.160. The number of fused-ring (bicyclic) bond motifs is 3. The van der Waals surface area contributed by atoms with Gasteiger partial charge >= 0.3 is 0 Å². The van der Waals surface area contributed by atoms with Crippen LogP contribution in [0.2, 0.25) is 5.02 Å². The molecule has 2 heterocycles. The van der Waals surface area contributed by atoms with Gasteiger partial charge in [-0.25, -0.2) is 0 Å². The molecule has 4 aromatic rings. The van der Waals surface area contributed by atoms with Crippen molar-refractivity contribution in [2.24, 2.45) is 0 Å². The van der Waals surface area contributed by atoms with Crippen LogP contribution in [0.3, 0.4) is 0 Å². The summed E-state index contributed by atoms with van der Waals surface area (Å²) in [4.78, 5) is 14.8. The van der Waals surface area contributed by atoms with Gasteiger partial charge in [0.1, 0.15) is 11.9 Å². The Balaban J connectivity index is 1.43. The molecular weight excluding hydrogens is 470 g/mol. The van der Waals surface area contributed by atoms with Crippen LogP contribution in [0.25, 0.3) is 11.4 Å². The Morgan fingerprint density at radius 3 is 2.53 bits per heavy atom. The number of aromatic nitrogens is 3. The zero-order chi connectivity index (χ0) is 23.7. The van der Waals surface area contributed by atoms with E-state index in [-0.39, 0.29) is 17.8 Å². The van der Waals surface area contributed by atoms with E-state index in [2.05, 4.69) is 31.0 Å². The number of hydrogen-bond donors (Lipinski definition) is 1. The Kier molecular flexibility index (Phi) is 6.17. The predicted octanol–water partition coefficient (Wildman–Crippen LogP) is 5.33. The van der Waals surface area contributed by atoms with Crippen LogP contribution in [0.5, 0.6) is 5.75 Å². The highest BCUT2D eigenvalue weighted by Crippen LogP contribution is 2.43. The molecule has 0 saturated carbocycles. The van der Waals surface area contributed by atoms with E-state index >= 15 is 0 Å². The third-order valence-electron chi connectivity index (χ3n) is 5.68. The van der Waals surface area contributed by atoms with E-state index in [0.29, 0.717) is 15.9 Å². The molecule has 0 spiro atoms. The van der Waals surface area contributed by atoms with E-state index in [9.17, 15) is 4.79 Å². The minimum atomic E-state index is -0.177. The maximum absolute atomic E-state index is 12.6. The lowest BCUT2D eigenvalue weighted by Gasteiger charge is -2.37. The molecule has 3 aromatic carbocycles. The topological polar surface area (TPSA) is 72.3 Å². The minimum Gasteiger partial charge on any atom is -0.497 e. The molecule has 1 aliphatic heterocycles. The number of benzene rings is 3. The summed E-state index contributed by atoms with van der Waals surface area (Å²) in [5.74, 6) is 1.58. The van der Waals surface area contributed by atoms with Crippen molar-refractivity contribution in [3.63, 3.8) is 0 Å². The third-order valence-corrected chi connectivity index (χ3v) is 6.87. The van der Waals surface area contributed by atoms with Crippen molar-refractivity contribution in [3.8, 4) is 17.1 Å². The van der Waals surface area contributed by atoms with Crippen LogP contribution in [-0.2, 0) is 4.79 Å². The van der Waals surface area contributed by atoms with Gasteiger partial charge in [0.25, 0.3) is 0 Å². The highest BCUT2D eigenvalue weighted by atomic mass is 35.5. The van der Waals surface area contributed by atoms with Crippen molar-refractivity contribution < 1.29 is 9.53 Å². The maximum Gasteiger partial charge on any atom is 0.234 e. The summed E-state index contributed by atoms with van der Waals surface area (Å²) in [5.41, 5.74) is 3.82. The number of ether oxygens (including phenoxy) is 1. The summed E-state index contributed by atoms with van der Waals surface area (Å²) < 4.78 is 7.24. The lowest BCUT2D eigenvalue weighted by atomic mass is 10.0. The highest BCUT2D eigenvalue weighted by molar-refractivity contribution is 7.99. The Labute approximate surface area is 206 Å². The van der Waals surface area contributed by atoms with Gasteiger partial charge in [-0.3, -0.25) is 9.36 Å². The Morgan fingerprint density at radius 2 is 1.79 bits per heavy atom. The molecule has 1 aromatic heterocycles.